The molecule has 1 saturated heterocycles. The quantitative estimate of drug-likeness (QED) is 0.917. The second-order valence-corrected chi connectivity index (χ2v) is 5.98. The van der Waals surface area contributed by atoms with Crippen molar-refractivity contribution in [3.63, 3.8) is 0 Å². The summed E-state index contributed by atoms with van der Waals surface area (Å²) in [6, 6.07) is 19.1. The van der Waals surface area contributed by atoms with Crippen LogP contribution in [0.4, 0.5) is 4.79 Å². The summed E-state index contributed by atoms with van der Waals surface area (Å²) in [5.74, 6) is 0.596. The van der Waals surface area contributed by atoms with E-state index in [4.69, 9.17) is 5.11 Å². The van der Waals surface area contributed by atoms with E-state index in [0.717, 1.165) is 19.3 Å². The van der Waals surface area contributed by atoms with Crippen LogP contribution >= 0.6 is 0 Å². The lowest BCUT2D eigenvalue weighted by molar-refractivity contribution is 0.124. The smallest absolute Gasteiger partial charge is 0.407 e. The molecular weight excluding hydrogens is 274 g/mol. The van der Waals surface area contributed by atoms with Gasteiger partial charge in [0.25, 0.3) is 0 Å². The van der Waals surface area contributed by atoms with Gasteiger partial charge >= 0.3 is 6.09 Å². The molecule has 1 amide bonds. The third-order valence-corrected chi connectivity index (χ3v) is 4.47. The molecule has 2 aromatic rings. The summed E-state index contributed by atoms with van der Waals surface area (Å²) >= 11 is 0. The van der Waals surface area contributed by atoms with E-state index in [-0.39, 0.29) is 0 Å². The van der Waals surface area contributed by atoms with Gasteiger partial charge in [0.2, 0.25) is 0 Å². The number of likely N-dealkylation sites (tertiary alicyclic amines) is 1. The normalized spacial score (nSPS) is 15.7. The average molecular weight is 295 g/mol. The van der Waals surface area contributed by atoms with Crippen LogP contribution in [0.2, 0.25) is 0 Å². The molecule has 1 N–H and O–H groups in total. The summed E-state index contributed by atoms with van der Waals surface area (Å²) in [7, 11) is 0. The van der Waals surface area contributed by atoms with Crippen LogP contribution in [-0.4, -0.2) is 29.2 Å². The van der Waals surface area contributed by atoms with Crippen LogP contribution in [0, 0.1) is 5.92 Å². The Balaban J connectivity index is 1.59. The molecule has 0 atom stereocenters. The highest BCUT2D eigenvalue weighted by atomic mass is 16.4. The zero-order valence-corrected chi connectivity index (χ0v) is 12.6. The fraction of sp³-hybridized carbons (Fsp3) is 0.316. The van der Waals surface area contributed by atoms with Gasteiger partial charge in [0.1, 0.15) is 0 Å². The Morgan fingerprint density at radius 2 is 1.55 bits per heavy atom. The van der Waals surface area contributed by atoms with Crippen molar-refractivity contribution in [3.8, 4) is 11.1 Å². The minimum absolute atomic E-state index is 0.596. The fourth-order valence-electron chi connectivity index (χ4n) is 3.13. The lowest BCUT2D eigenvalue weighted by atomic mass is 9.90. The maximum Gasteiger partial charge on any atom is 0.407 e. The van der Waals surface area contributed by atoms with Gasteiger partial charge in [-0.2, -0.15) is 0 Å². The molecule has 1 heterocycles. The van der Waals surface area contributed by atoms with E-state index in [9.17, 15) is 4.79 Å². The molecule has 22 heavy (non-hydrogen) atoms. The number of amides is 1. The molecule has 0 unspecified atom stereocenters. The third-order valence-electron chi connectivity index (χ3n) is 4.47. The number of piperidine rings is 1. The SMILES string of the molecule is O=C(O)N1CCC(Cc2ccc(-c3ccccc3)cc2)CC1. The van der Waals surface area contributed by atoms with Gasteiger partial charge in [-0.15, -0.1) is 0 Å². The Hall–Kier alpha value is -2.29. The Morgan fingerprint density at radius 1 is 0.955 bits per heavy atom. The van der Waals surface area contributed by atoms with Crippen LogP contribution in [-0.2, 0) is 6.42 Å². The molecule has 3 nitrogen and oxygen atoms in total. The highest BCUT2D eigenvalue weighted by Crippen LogP contribution is 2.24. The highest BCUT2D eigenvalue weighted by Gasteiger charge is 2.22. The highest BCUT2D eigenvalue weighted by molar-refractivity contribution is 5.65. The van der Waals surface area contributed by atoms with Crippen molar-refractivity contribution < 1.29 is 9.90 Å². The maximum atomic E-state index is 10.9. The van der Waals surface area contributed by atoms with Crippen LogP contribution in [0.5, 0.6) is 0 Å². The van der Waals surface area contributed by atoms with Crippen molar-refractivity contribution in [3.05, 3.63) is 60.2 Å². The number of benzene rings is 2. The van der Waals surface area contributed by atoms with E-state index >= 15 is 0 Å². The summed E-state index contributed by atoms with van der Waals surface area (Å²) in [4.78, 5) is 12.4. The van der Waals surface area contributed by atoms with Crippen molar-refractivity contribution in [1.29, 1.82) is 0 Å². The zero-order chi connectivity index (χ0) is 15.4. The molecule has 2 aromatic carbocycles. The number of hydrogen-bond donors (Lipinski definition) is 1. The standard InChI is InChI=1S/C19H21NO2/c21-19(22)20-12-10-16(11-13-20)14-15-6-8-18(9-7-15)17-4-2-1-3-5-17/h1-9,16H,10-14H2,(H,21,22). The van der Waals surface area contributed by atoms with Crippen LogP contribution in [0.3, 0.4) is 0 Å². The van der Waals surface area contributed by atoms with Crippen molar-refractivity contribution in [2.45, 2.75) is 19.3 Å². The van der Waals surface area contributed by atoms with E-state index in [1.165, 1.54) is 21.6 Å². The second-order valence-electron chi connectivity index (χ2n) is 5.98. The molecule has 0 radical (unpaired) electrons. The molecule has 114 valence electrons. The van der Waals surface area contributed by atoms with Gasteiger partial charge in [0, 0.05) is 13.1 Å². The monoisotopic (exact) mass is 295 g/mol. The number of carbonyl (C=O) groups is 1. The lowest BCUT2D eigenvalue weighted by Crippen LogP contribution is -2.37. The first-order valence-corrected chi connectivity index (χ1v) is 7.84. The Labute approximate surface area is 131 Å². The van der Waals surface area contributed by atoms with Crippen LogP contribution < -0.4 is 0 Å². The predicted molar refractivity (Wildman–Crippen MR) is 87.9 cm³/mol. The van der Waals surface area contributed by atoms with Crippen LogP contribution in [0.25, 0.3) is 11.1 Å². The number of hydrogen-bond acceptors (Lipinski definition) is 1. The van der Waals surface area contributed by atoms with E-state index < -0.39 is 6.09 Å². The average Bonchev–Trinajstić information content (AvgIpc) is 2.57. The fourth-order valence-corrected chi connectivity index (χ4v) is 3.13. The number of rotatable bonds is 3. The van der Waals surface area contributed by atoms with Crippen LogP contribution in [0.1, 0.15) is 18.4 Å². The molecule has 3 heteroatoms. The van der Waals surface area contributed by atoms with E-state index in [1.54, 1.807) is 0 Å². The van der Waals surface area contributed by atoms with Gasteiger partial charge in [0.15, 0.2) is 0 Å². The molecule has 1 fully saturated rings. The summed E-state index contributed by atoms with van der Waals surface area (Å²) in [6.07, 6.45) is 2.19. The van der Waals surface area contributed by atoms with Gasteiger partial charge in [-0.05, 0) is 41.9 Å². The molecular formula is C19H21NO2. The molecule has 1 aliphatic heterocycles. The Kier molecular flexibility index (Phi) is 4.42. The zero-order valence-electron chi connectivity index (χ0n) is 12.6. The summed E-state index contributed by atoms with van der Waals surface area (Å²) < 4.78 is 0. The molecule has 0 aromatic heterocycles. The molecule has 0 spiro atoms. The van der Waals surface area contributed by atoms with E-state index in [0.29, 0.717) is 19.0 Å². The third kappa shape index (κ3) is 3.48. The number of carboxylic acid groups (broad SMARTS) is 1. The maximum absolute atomic E-state index is 10.9. The first-order valence-electron chi connectivity index (χ1n) is 7.84. The van der Waals surface area contributed by atoms with Crippen molar-refractivity contribution >= 4 is 6.09 Å². The van der Waals surface area contributed by atoms with Gasteiger partial charge in [-0.1, -0.05) is 54.6 Å². The molecule has 0 bridgehead atoms. The van der Waals surface area contributed by atoms with Crippen molar-refractivity contribution in [1.82, 2.24) is 4.90 Å². The second kappa shape index (κ2) is 6.65. The predicted octanol–water partition coefficient (Wildman–Crippen LogP) is 4.29. The van der Waals surface area contributed by atoms with Crippen LogP contribution in [0.15, 0.2) is 54.6 Å². The summed E-state index contributed by atoms with van der Waals surface area (Å²) in [5, 5.41) is 8.98. The van der Waals surface area contributed by atoms with Gasteiger partial charge in [0.05, 0.1) is 0 Å². The van der Waals surface area contributed by atoms with E-state index in [1.807, 2.05) is 6.07 Å². The van der Waals surface area contributed by atoms with Gasteiger partial charge in [-0.3, -0.25) is 0 Å². The minimum atomic E-state index is -0.786. The summed E-state index contributed by atoms with van der Waals surface area (Å²) in [6.45, 7) is 1.34. The molecule has 1 aliphatic rings. The minimum Gasteiger partial charge on any atom is -0.465 e. The van der Waals surface area contributed by atoms with E-state index in [2.05, 4.69) is 48.5 Å². The topological polar surface area (TPSA) is 40.5 Å². The van der Waals surface area contributed by atoms with Gasteiger partial charge in [-0.25, -0.2) is 4.79 Å². The largest absolute Gasteiger partial charge is 0.465 e. The molecule has 3 rings (SSSR count). The lowest BCUT2D eigenvalue weighted by Gasteiger charge is -2.30. The Bertz CT molecular complexity index is 614. The first-order chi connectivity index (χ1) is 10.7. The molecule has 0 aliphatic carbocycles. The van der Waals surface area contributed by atoms with Crippen molar-refractivity contribution in [2.75, 3.05) is 13.1 Å². The first kappa shape index (κ1) is 14.6. The summed E-state index contributed by atoms with van der Waals surface area (Å²) in [5.41, 5.74) is 3.82. The van der Waals surface area contributed by atoms with Crippen molar-refractivity contribution in [2.24, 2.45) is 5.92 Å². The van der Waals surface area contributed by atoms with Gasteiger partial charge < -0.3 is 10.0 Å². The molecule has 0 saturated carbocycles. The number of nitrogens with zero attached hydrogens (tertiary/aromatic N) is 1. The Morgan fingerprint density at radius 3 is 2.14 bits per heavy atom.